The summed E-state index contributed by atoms with van der Waals surface area (Å²) in [5.74, 6) is 0.200. The van der Waals surface area contributed by atoms with E-state index < -0.39 is 4.92 Å². The number of halogens is 1. The number of aromatic nitrogens is 3. The van der Waals surface area contributed by atoms with Gasteiger partial charge < -0.3 is 10.6 Å². The summed E-state index contributed by atoms with van der Waals surface area (Å²) < 4.78 is 0. The number of nitrogens with one attached hydrogen (secondary N) is 2. The van der Waals surface area contributed by atoms with Crippen molar-refractivity contribution in [3.8, 4) is 0 Å². The average Bonchev–Trinajstić information content (AvgIpc) is 2.41. The van der Waals surface area contributed by atoms with E-state index in [2.05, 4.69) is 25.6 Å². The normalized spacial score (nSPS) is 10.1. The van der Waals surface area contributed by atoms with E-state index in [0.717, 1.165) is 0 Å². The largest absolute Gasteiger partial charge is 0.364 e. The number of hydrogen-bond donors (Lipinski definition) is 2. The molecule has 0 aliphatic carbocycles. The van der Waals surface area contributed by atoms with Crippen LogP contribution in [0.3, 0.4) is 0 Å². The number of pyridine rings is 1. The minimum atomic E-state index is -0.551. The van der Waals surface area contributed by atoms with E-state index in [0.29, 0.717) is 12.2 Å². The molecule has 104 valence electrons. The van der Waals surface area contributed by atoms with E-state index >= 15 is 0 Å². The van der Waals surface area contributed by atoms with Gasteiger partial charge in [-0.25, -0.2) is 15.0 Å². The van der Waals surface area contributed by atoms with Crippen LogP contribution in [-0.2, 0) is 0 Å². The molecule has 2 N–H and O–H groups in total. The Kier molecular flexibility index (Phi) is 4.26. The van der Waals surface area contributed by atoms with Crippen LogP contribution in [0.1, 0.15) is 6.92 Å². The van der Waals surface area contributed by atoms with Crippen molar-refractivity contribution in [3.63, 3.8) is 0 Å². The zero-order valence-corrected chi connectivity index (χ0v) is 11.3. The van der Waals surface area contributed by atoms with E-state index in [9.17, 15) is 10.1 Å². The lowest BCUT2D eigenvalue weighted by molar-refractivity contribution is -0.383. The molecule has 2 rings (SSSR count). The maximum atomic E-state index is 11.2. The third-order valence-corrected chi connectivity index (χ3v) is 2.66. The van der Waals surface area contributed by atoms with Gasteiger partial charge in [-0.15, -0.1) is 0 Å². The maximum Gasteiger partial charge on any atom is 0.353 e. The molecule has 9 heteroatoms. The summed E-state index contributed by atoms with van der Waals surface area (Å²) in [4.78, 5) is 22.3. The lowest BCUT2D eigenvalue weighted by Crippen LogP contribution is -2.07. The van der Waals surface area contributed by atoms with E-state index in [1.54, 1.807) is 12.1 Å². The van der Waals surface area contributed by atoms with E-state index in [1.807, 2.05) is 6.92 Å². The van der Waals surface area contributed by atoms with E-state index in [4.69, 9.17) is 11.6 Å². The number of nitro groups is 1. The molecule has 8 nitrogen and oxygen atoms in total. The first-order chi connectivity index (χ1) is 9.63. The van der Waals surface area contributed by atoms with Gasteiger partial charge in [-0.05, 0) is 19.1 Å². The molecular formula is C11H11ClN6O2. The molecular weight excluding hydrogens is 284 g/mol. The van der Waals surface area contributed by atoms with Crippen LogP contribution >= 0.6 is 11.6 Å². The predicted octanol–water partition coefficient (Wildman–Crippen LogP) is 2.61. The van der Waals surface area contributed by atoms with Crippen LogP contribution in [0.5, 0.6) is 0 Å². The van der Waals surface area contributed by atoms with Crippen molar-refractivity contribution in [2.45, 2.75) is 6.92 Å². The molecule has 0 bridgehead atoms. The molecule has 20 heavy (non-hydrogen) atoms. The van der Waals surface area contributed by atoms with Gasteiger partial charge in [-0.1, -0.05) is 11.6 Å². The Labute approximate surface area is 119 Å². The summed E-state index contributed by atoms with van der Waals surface area (Å²) in [6.07, 6.45) is 2.75. The monoisotopic (exact) mass is 294 g/mol. The first-order valence-corrected chi connectivity index (χ1v) is 6.12. The highest BCUT2D eigenvalue weighted by Gasteiger charge is 2.23. The van der Waals surface area contributed by atoms with E-state index in [1.165, 1.54) is 12.5 Å². The first-order valence-electron chi connectivity index (χ1n) is 5.74. The third kappa shape index (κ3) is 2.91. The van der Waals surface area contributed by atoms with Gasteiger partial charge >= 0.3 is 5.69 Å². The quantitative estimate of drug-likeness (QED) is 0.496. The summed E-state index contributed by atoms with van der Waals surface area (Å²) in [5, 5.41) is 17.0. The molecule has 0 amide bonds. The van der Waals surface area contributed by atoms with Crippen molar-refractivity contribution in [2.75, 3.05) is 17.2 Å². The SMILES string of the molecule is CCNc1ncnc(Nc2cccnc2Cl)c1[N+](=O)[O-]. The highest BCUT2D eigenvalue weighted by molar-refractivity contribution is 6.32. The van der Waals surface area contributed by atoms with Gasteiger partial charge in [-0.2, -0.15) is 0 Å². The molecule has 0 unspecified atom stereocenters. The van der Waals surface area contributed by atoms with Gasteiger partial charge in [0, 0.05) is 12.7 Å². The Hall–Kier alpha value is -2.48. The number of anilines is 3. The van der Waals surface area contributed by atoms with Crippen LogP contribution in [0.15, 0.2) is 24.7 Å². The smallest absolute Gasteiger partial charge is 0.353 e. The summed E-state index contributed by atoms with van der Waals surface area (Å²) in [5.41, 5.74) is 0.188. The summed E-state index contributed by atoms with van der Waals surface area (Å²) in [7, 11) is 0. The molecule has 0 aliphatic heterocycles. The molecule has 0 aliphatic rings. The Morgan fingerprint density at radius 3 is 2.75 bits per heavy atom. The Bertz CT molecular complexity index is 636. The first kappa shape index (κ1) is 13.9. The standard InChI is InChI=1S/C11H11ClN6O2/c1-2-13-10-8(18(19)20)11(16-6-15-10)17-7-4-3-5-14-9(7)12/h3-6H,2H2,1H3,(H2,13,15,16,17). The van der Waals surface area contributed by atoms with Crippen LogP contribution in [0.25, 0.3) is 0 Å². The predicted molar refractivity (Wildman–Crippen MR) is 75.4 cm³/mol. The minimum absolute atomic E-state index is 0.0517. The molecule has 0 radical (unpaired) electrons. The van der Waals surface area contributed by atoms with Gasteiger partial charge in [0.2, 0.25) is 11.6 Å². The maximum absolute atomic E-state index is 11.2. The van der Waals surface area contributed by atoms with Crippen molar-refractivity contribution >= 4 is 34.6 Å². The molecule has 2 aromatic rings. The summed E-state index contributed by atoms with van der Waals surface area (Å²) in [6, 6.07) is 3.31. The summed E-state index contributed by atoms with van der Waals surface area (Å²) in [6.45, 7) is 2.32. The van der Waals surface area contributed by atoms with Crippen molar-refractivity contribution < 1.29 is 4.92 Å². The molecule has 2 aromatic heterocycles. The highest BCUT2D eigenvalue weighted by atomic mass is 35.5. The fraction of sp³-hybridized carbons (Fsp3) is 0.182. The molecule has 0 fully saturated rings. The highest BCUT2D eigenvalue weighted by Crippen LogP contribution is 2.32. The summed E-state index contributed by atoms with van der Waals surface area (Å²) >= 11 is 5.90. The molecule has 2 heterocycles. The molecule has 0 saturated heterocycles. The van der Waals surface area contributed by atoms with Gasteiger partial charge in [0.25, 0.3) is 0 Å². The molecule has 0 spiro atoms. The lowest BCUT2D eigenvalue weighted by Gasteiger charge is -2.09. The van der Waals surface area contributed by atoms with Crippen LogP contribution in [0.4, 0.5) is 23.0 Å². The second kappa shape index (κ2) is 6.11. The molecule has 0 saturated carbocycles. The van der Waals surface area contributed by atoms with Gasteiger partial charge in [0.15, 0.2) is 5.15 Å². The van der Waals surface area contributed by atoms with Crippen molar-refractivity contribution in [1.82, 2.24) is 15.0 Å². The van der Waals surface area contributed by atoms with Crippen LogP contribution < -0.4 is 10.6 Å². The topological polar surface area (TPSA) is 106 Å². The number of hydrogen-bond acceptors (Lipinski definition) is 7. The Morgan fingerprint density at radius 2 is 2.10 bits per heavy atom. The Balaban J connectivity index is 2.44. The van der Waals surface area contributed by atoms with Gasteiger partial charge in [0.05, 0.1) is 10.6 Å². The molecule has 0 aromatic carbocycles. The zero-order chi connectivity index (χ0) is 14.5. The number of nitrogens with zero attached hydrogens (tertiary/aromatic N) is 4. The fourth-order valence-electron chi connectivity index (χ4n) is 1.55. The minimum Gasteiger partial charge on any atom is -0.364 e. The average molecular weight is 295 g/mol. The van der Waals surface area contributed by atoms with Crippen molar-refractivity contribution in [1.29, 1.82) is 0 Å². The third-order valence-electron chi connectivity index (χ3n) is 2.36. The van der Waals surface area contributed by atoms with Crippen LogP contribution in [-0.4, -0.2) is 26.4 Å². The number of rotatable bonds is 5. The van der Waals surface area contributed by atoms with Gasteiger partial charge in [-0.3, -0.25) is 10.1 Å². The van der Waals surface area contributed by atoms with E-state index in [-0.39, 0.29) is 22.5 Å². The second-order valence-corrected chi connectivity index (χ2v) is 4.03. The molecule has 0 atom stereocenters. The lowest BCUT2D eigenvalue weighted by atomic mass is 10.3. The van der Waals surface area contributed by atoms with Crippen molar-refractivity contribution in [2.24, 2.45) is 0 Å². The van der Waals surface area contributed by atoms with Gasteiger partial charge in [0.1, 0.15) is 6.33 Å². The van der Waals surface area contributed by atoms with Crippen LogP contribution in [0, 0.1) is 10.1 Å². The van der Waals surface area contributed by atoms with Crippen molar-refractivity contribution in [3.05, 3.63) is 39.9 Å². The van der Waals surface area contributed by atoms with Crippen LogP contribution in [0.2, 0.25) is 5.15 Å². The zero-order valence-electron chi connectivity index (χ0n) is 10.5. The second-order valence-electron chi connectivity index (χ2n) is 3.67. The Morgan fingerprint density at radius 1 is 1.35 bits per heavy atom. The fourth-order valence-corrected chi connectivity index (χ4v) is 1.71.